The molecule has 39 heavy (non-hydrogen) atoms. The second-order valence-electron chi connectivity index (χ2n) is 9.69. The first kappa shape index (κ1) is 26.0. The molecule has 0 aliphatic carbocycles. The minimum atomic E-state index is -1.59. The minimum absolute atomic E-state index is 0.0418. The number of nitrogens with zero attached hydrogens (tertiary/aromatic N) is 3. The Kier molecular flexibility index (Phi) is 6.93. The van der Waals surface area contributed by atoms with Gasteiger partial charge in [0, 0.05) is 12.0 Å². The molecule has 0 bridgehead atoms. The number of aliphatic hydroxyl groups excluding tert-OH is 2. The minimum Gasteiger partial charge on any atom is -0.454 e. The maximum atomic E-state index is 13.9. The Morgan fingerprint density at radius 1 is 1.08 bits per heavy atom. The molecule has 0 radical (unpaired) electrons. The molecule has 4 heterocycles. The molecular weight excluding hydrogens is 523 g/mol. The highest BCUT2D eigenvalue weighted by atomic mass is 19.2. The number of hydrogen-bond donors (Lipinski definition) is 2. The Morgan fingerprint density at radius 2 is 1.87 bits per heavy atom. The van der Waals surface area contributed by atoms with Crippen molar-refractivity contribution in [2.24, 2.45) is 0 Å². The summed E-state index contributed by atoms with van der Waals surface area (Å²) in [6.45, 7) is 0.0777. The quantitative estimate of drug-likeness (QED) is 0.448. The van der Waals surface area contributed by atoms with Crippen molar-refractivity contribution in [3.63, 3.8) is 0 Å². The van der Waals surface area contributed by atoms with E-state index in [1.807, 2.05) is 6.07 Å². The van der Waals surface area contributed by atoms with Gasteiger partial charge in [-0.05, 0) is 42.7 Å². The summed E-state index contributed by atoms with van der Waals surface area (Å²) >= 11 is 0. The van der Waals surface area contributed by atoms with Gasteiger partial charge in [0.15, 0.2) is 34.7 Å². The molecule has 0 amide bonds. The number of hydrogen-bond acceptors (Lipinski definition) is 9. The average Bonchev–Trinajstić information content (AvgIpc) is 3.62. The van der Waals surface area contributed by atoms with Crippen molar-refractivity contribution in [2.45, 2.75) is 56.0 Å². The molecule has 3 aliphatic heterocycles. The number of aliphatic hydroxyl groups is 2. The molecule has 5 atom stereocenters. The summed E-state index contributed by atoms with van der Waals surface area (Å²) in [6, 6.07) is 6.02. The van der Waals surface area contributed by atoms with Crippen LogP contribution in [0.5, 0.6) is 11.5 Å². The van der Waals surface area contributed by atoms with Crippen LogP contribution in [0.15, 0.2) is 36.5 Å². The van der Waals surface area contributed by atoms with E-state index in [0.29, 0.717) is 24.5 Å². The van der Waals surface area contributed by atoms with Crippen LogP contribution in [-0.4, -0.2) is 69.3 Å². The van der Waals surface area contributed by atoms with Crippen LogP contribution in [0.4, 0.5) is 13.2 Å². The molecule has 1 spiro atoms. The van der Waals surface area contributed by atoms with E-state index >= 15 is 0 Å². The molecule has 2 saturated heterocycles. The zero-order chi connectivity index (χ0) is 27.1. The van der Waals surface area contributed by atoms with E-state index in [0.717, 1.165) is 30.5 Å². The summed E-state index contributed by atoms with van der Waals surface area (Å²) in [5.41, 5.74) is 0.763. The number of benzene rings is 2. The van der Waals surface area contributed by atoms with E-state index in [1.54, 1.807) is 12.1 Å². The van der Waals surface area contributed by atoms with Crippen LogP contribution in [-0.2, 0) is 20.8 Å². The van der Waals surface area contributed by atoms with Gasteiger partial charge in [-0.2, -0.15) is 0 Å². The second-order valence-corrected chi connectivity index (χ2v) is 9.69. The van der Waals surface area contributed by atoms with Crippen molar-refractivity contribution >= 4 is 0 Å². The van der Waals surface area contributed by atoms with Gasteiger partial charge >= 0.3 is 0 Å². The highest BCUT2D eigenvalue weighted by Crippen LogP contribution is 2.44. The van der Waals surface area contributed by atoms with Crippen LogP contribution in [0.25, 0.3) is 11.3 Å². The molecule has 3 aromatic rings. The monoisotopic (exact) mass is 549 g/mol. The fourth-order valence-corrected chi connectivity index (χ4v) is 5.30. The summed E-state index contributed by atoms with van der Waals surface area (Å²) < 4.78 is 72.0. The van der Waals surface area contributed by atoms with E-state index in [2.05, 4.69) is 10.3 Å². The molecular formula is C26H26F3N3O7. The molecule has 10 nitrogen and oxygen atoms in total. The number of ether oxygens (including phenoxy) is 5. The number of fused-ring (bicyclic) bond motifs is 1. The Hall–Kier alpha value is -3.23. The van der Waals surface area contributed by atoms with E-state index in [9.17, 15) is 23.4 Å². The molecule has 2 aromatic carbocycles. The van der Waals surface area contributed by atoms with E-state index < -0.39 is 54.2 Å². The molecule has 2 fully saturated rings. The Labute approximate surface area is 220 Å². The van der Waals surface area contributed by atoms with E-state index in [1.165, 1.54) is 10.9 Å². The summed E-state index contributed by atoms with van der Waals surface area (Å²) in [5.74, 6) is -4.45. The van der Waals surface area contributed by atoms with E-state index in [4.69, 9.17) is 23.7 Å². The lowest BCUT2D eigenvalue weighted by atomic mass is 9.86. The summed E-state index contributed by atoms with van der Waals surface area (Å²) in [4.78, 5) is 0. The lowest BCUT2D eigenvalue weighted by Crippen LogP contribution is -2.65. The SMILES string of the molecule is OC[C@H]1O[C@@]2(CCCCO2)[C@H](OCc2ccc3c(c2)OCO3)[C@@H](n2cc(-c3cc(F)c(F)c(F)c3)nn2)[C@H]1O. The summed E-state index contributed by atoms with van der Waals surface area (Å²) in [5, 5.41) is 29.4. The number of aromatic nitrogens is 3. The standard InChI is InChI=1S/C26H26F3N3O7/c27-16-8-15(9-17(28)22(16)29)18-10-32(31-30-18)23-24(34)21(11-33)39-26(5-1-2-6-38-26)25(23)35-12-14-3-4-19-20(7-14)37-13-36-19/h3-4,7-10,21,23-25,33-34H,1-2,5-6,11-13H2/t21-,23+,24+,25-,26+/m1/s1. The van der Waals surface area contributed by atoms with Crippen molar-refractivity contribution in [2.75, 3.05) is 20.0 Å². The first-order chi connectivity index (χ1) is 18.9. The lowest BCUT2D eigenvalue weighted by molar-refractivity contribution is -0.373. The fraction of sp³-hybridized carbons (Fsp3) is 0.462. The third-order valence-electron chi connectivity index (χ3n) is 7.23. The van der Waals surface area contributed by atoms with Gasteiger partial charge in [0.1, 0.15) is 30.0 Å². The highest BCUT2D eigenvalue weighted by Gasteiger charge is 2.57. The third kappa shape index (κ3) is 4.74. The maximum absolute atomic E-state index is 13.9. The molecule has 1 aromatic heterocycles. The fourth-order valence-electron chi connectivity index (χ4n) is 5.30. The molecule has 3 aliphatic rings. The predicted molar refractivity (Wildman–Crippen MR) is 126 cm³/mol. The van der Waals surface area contributed by atoms with Crippen molar-refractivity contribution in [1.29, 1.82) is 0 Å². The van der Waals surface area contributed by atoms with Crippen molar-refractivity contribution in [3.8, 4) is 22.8 Å². The summed E-state index contributed by atoms with van der Waals surface area (Å²) in [6.07, 6.45) is 0.0587. The number of halogens is 3. The van der Waals surface area contributed by atoms with Crippen molar-refractivity contribution in [1.82, 2.24) is 15.0 Å². The van der Waals surface area contributed by atoms with Gasteiger partial charge in [-0.25, -0.2) is 17.9 Å². The molecule has 6 rings (SSSR count). The van der Waals surface area contributed by atoms with Crippen LogP contribution in [0.1, 0.15) is 30.9 Å². The second kappa shape index (κ2) is 10.4. The Morgan fingerprint density at radius 3 is 2.62 bits per heavy atom. The molecule has 0 unspecified atom stereocenters. The van der Waals surface area contributed by atoms with Gasteiger partial charge in [-0.1, -0.05) is 11.3 Å². The van der Waals surface area contributed by atoms with Crippen LogP contribution in [0.3, 0.4) is 0 Å². The van der Waals surface area contributed by atoms with Gasteiger partial charge in [0.05, 0.1) is 26.0 Å². The topological polar surface area (TPSA) is 117 Å². The number of rotatable bonds is 6. The highest BCUT2D eigenvalue weighted by molar-refractivity contribution is 5.58. The summed E-state index contributed by atoms with van der Waals surface area (Å²) in [7, 11) is 0. The van der Waals surface area contributed by atoms with Crippen LogP contribution < -0.4 is 9.47 Å². The molecule has 208 valence electrons. The first-order valence-electron chi connectivity index (χ1n) is 12.6. The van der Waals surface area contributed by atoms with Gasteiger partial charge in [0.25, 0.3) is 0 Å². The van der Waals surface area contributed by atoms with Crippen molar-refractivity contribution < 1.29 is 47.1 Å². The average molecular weight is 550 g/mol. The van der Waals surface area contributed by atoms with Gasteiger partial charge < -0.3 is 33.9 Å². The van der Waals surface area contributed by atoms with Crippen LogP contribution in [0.2, 0.25) is 0 Å². The largest absolute Gasteiger partial charge is 0.454 e. The maximum Gasteiger partial charge on any atom is 0.231 e. The molecule has 13 heteroatoms. The van der Waals surface area contributed by atoms with Crippen LogP contribution in [0, 0.1) is 17.5 Å². The molecule has 0 saturated carbocycles. The zero-order valence-corrected chi connectivity index (χ0v) is 20.6. The smallest absolute Gasteiger partial charge is 0.231 e. The zero-order valence-electron chi connectivity index (χ0n) is 20.6. The lowest BCUT2D eigenvalue weighted by Gasteiger charge is -2.52. The third-order valence-corrected chi connectivity index (χ3v) is 7.23. The van der Waals surface area contributed by atoms with E-state index in [-0.39, 0.29) is 24.7 Å². The Bertz CT molecular complexity index is 1330. The predicted octanol–water partition coefficient (Wildman–Crippen LogP) is 2.87. The first-order valence-corrected chi connectivity index (χ1v) is 12.6. The normalized spacial score (nSPS) is 28.2. The molecule has 2 N–H and O–H groups in total. The van der Waals surface area contributed by atoms with Gasteiger partial charge in [-0.3, -0.25) is 0 Å². The van der Waals surface area contributed by atoms with Crippen LogP contribution >= 0.6 is 0 Å². The van der Waals surface area contributed by atoms with Gasteiger partial charge in [-0.15, -0.1) is 5.10 Å². The van der Waals surface area contributed by atoms with Gasteiger partial charge in [0.2, 0.25) is 6.79 Å². The van der Waals surface area contributed by atoms with Crippen molar-refractivity contribution in [3.05, 3.63) is 59.5 Å². The Balaban J connectivity index is 1.36.